The molecule has 0 radical (unpaired) electrons. The van der Waals surface area contributed by atoms with Crippen LogP contribution in [0, 0.1) is 0 Å². The van der Waals surface area contributed by atoms with Gasteiger partial charge in [-0.1, -0.05) is 0 Å². The van der Waals surface area contributed by atoms with Crippen molar-refractivity contribution in [3.63, 3.8) is 0 Å². The molecular formula is C11H21N3O4S. The van der Waals surface area contributed by atoms with Gasteiger partial charge < -0.3 is 9.47 Å². The predicted molar refractivity (Wildman–Crippen MR) is 70.3 cm³/mol. The van der Waals surface area contributed by atoms with E-state index in [9.17, 15) is 8.42 Å². The Balaban J connectivity index is 2.70. The van der Waals surface area contributed by atoms with E-state index in [-0.39, 0.29) is 4.90 Å². The lowest BCUT2D eigenvalue weighted by Crippen LogP contribution is -2.36. The van der Waals surface area contributed by atoms with Crippen LogP contribution in [-0.2, 0) is 19.5 Å². The highest BCUT2D eigenvalue weighted by Gasteiger charge is 2.24. The van der Waals surface area contributed by atoms with Gasteiger partial charge in [-0.05, 0) is 13.8 Å². The van der Waals surface area contributed by atoms with Crippen molar-refractivity contribution in [3.05, 3.63) is 12.4 Å². The molecule has 1 aromatic rings. The van der Waals surface area contributed by atoms with E-state index < -0.39 is 10.0 Å². The summed E-state index contributed by atoms with van der Waals surface area (Å²) in [5.74, 6) is 0. The molecule has 19 heavy (non-hydrogen) atoms. The van der Waals surface area contributed by atoms with Gasteiger partial charge in [-0.25, -0.2) is 8.42 Å². The monoisotopic (exact) mass is 291 g/mol. The van der Waals surface area contributed by atoms with E-state index in [2.05, 4.69) is 10.2 Å². The van der Waals surface area contributed by atoms with Crippen LogP contribution in [0.1, 0.15) is 13.8 Å². The maximum absolute atomic E-state index is 12.3. The van der Waals surface area contributed by atoms with Crippen molar-refractivity contribution in [1.29, 1.82) is 0 Å². The highest BCUT2D eigenvalue weighted by Crippen LogP contribution is 2.13. The fourth-order valence-electron chi connectivity index (χ4n) is 1.50. The highest BCUT2D eigenvalue weighted by molar-refractivity contribution is 7.89. The zero-order chi connectivity index (χ0) is 14.1. The van der Waals surface area contributed by atoms with Crippen LogP contribution in [0.15, 0.2) is 17.3 Å². The molecule has 0 aromatic carbocycles. The minimum Gasteiger partial charge on any atom is -0.380 e. The summed E-state index contributed by atoms with van der Waals surface area (Å²) in [6.45, 7) is 6.18. The van der Waals surface area contributed by atoms with Crippen molar-refractivity contribution < 1.29 is 17.9 Å². The first-order valence-electron chi connectivity index (χ1n) is 6.27. The Morgan fingerprint density at radius 1 is 1.21 bits per heavy atom. The van der Waals surface area contributed by atoms with Crippen LogP contribution in [0.25, 0.3) is 0 Å². The lowest BCUT2D eigenvalue weighted by atomic mass is 10.6. The van der Waals surface area contributed by atoms with Crippen LogP contribution in [0.5, 0.6) is 0 Å². The third-order valence-electron chi connectivity index (χ3n) is 2.49. The molecule has 1 aromatic heterocycles. The van der Waals surface area contributed by atoms with Crippen molar-refractivity contribution in [3.8, 4) is 0 Å². The zero-order valence-electron chi connectivity index (χ0n) is 11.3. The SMILES string of the molecule is CCOCCN(CCOCC)S(=O)(=O)c1cn[nH]c1. The Bertz CT molecular complexity index is 423. The fourth-order valence-corrected chi connectivity index (χ4v) is 2.82. The van der Waals surface area contributed by atoms with Gasteiger partial charge in [0.15, 0.2) is 0 Å². The third-order valence-corrected chi connectivity index (χ3v) is 4.35. The standard InChI is InChI=1S/C11H21N3O4S/c1-3-17-7-5-14(6-8-18-4-2)19(15,16)11-9-12-13-10-11/h9-10H,3-8H2,1-2H3,(H,12,13). The molecule has 0 aliphatic rings. The molecule has 7 nitrogen and oxygen atoms in total. The van der Waals surface area contributed by atoms with E-state index in [0.29, 0.717) is 39.5 Å². The molecule has 0 aliphatic carbocycles. The molecule has 1 N–H and O–H groups in total. The van der Waals surface area contributed by atoms with Crippen molar-refractivity contribution in [2.24, 2.45) is 0 Å². The number of H-pyrrole nitrogens is 1. The largest absolute Gasteiger partial charge is 0.380 e. The molecule has 0 unspecified atom stereocenters. The van der Waals surface area contributed by atoms with Crippen molar-refractivity contribution in [2.75, 3.05) is 39.5 Å². The Hall–Kier alpha value is -0.960. The summed E-state index contributed by atoms with van der Waals surface area (Å²) in [6.07, 6.45) is 2.66. The molecule has 1 rings (SSSR count). The molecular weight excluding hydrogens is 270 g/mol. The summed E-state index contributed by atoms with van der Waals surface area (Å²) >= 11 is 0. The quantitative estimate of drug-likeness (QED) is 0.634. The van der Waals surface area contributed by atoms with E-state index in [0.717, 1.165) is 0 Å². The number of hydrogen-bond acceptors (Lipinski definition) is 5. The lowest BCUT2D eigenvalue weighted by molar-refractivity contribution is 0.110. The van der Waals surface area contributed by atoms with E-state index in [1.165, 1.54) is 16.7 Å². The van der Waals surface area contributed by atoms with Crippen LogP contribution in [-0.4, -0.2) is 62.4 Å². The van der Waals surface area contributed by atoms with Gasteiger partial charge in [-0.15, -0.1) is 0 Å². The van der Waals surface area contributed by atoms with Crippen LogP contribution >= 0.6 is 0 Å². The van der Waals surface area contributed by atoms with Gasteiger partial charge in [0, 0.05) is 32.5 Å². The Labute approximate surface area is 113 Å². The van der Waals surface area contributed by atoms with Crippen LogP contribution in [0.2, 0.25) is 0 Å². The molecule has 0 atom stereocenters. The number of nitrogens with one attached hydrogen (secondary N) is 1. The van der Waals surface area contributed by atoms with Crippen molar-refractivity contribution in [1.82, 2.24) is 14.5 Å². The third kappa shape index (κ3) is 4.90. The molecule has 0 saturated heterocycles. The second-order valence-electron chi connectivity index (χ2n) is 3.73. The van der Waals surface area contributed by atoms with E-state index in [1.54, 1.807) is 0 Å². The smallest absolute Gasteiger partial charge is 0.246 e. The summed E-state index contributed by atoms with van der Waals surface area (Å²) in [7, 11) is -3.54. The Morgan fingerprint density at radius 3 is 2.21 bits per heavy atom. The Kier molecular flexibility index (Phi) is 7.00. The molecule has 0 aliphatic heterocycles. The number of aromatic nitrogens is 2. The maximum Gasteiger partial charge on any atom is 0.246 e. The lowest BCUT2D eigenvalue weighted by Gasteiger charge is -2.21. The summed E-state index contributed by atoms with van der Waals surface area (Å²) in [5.41, 5.74) is 0. The molecule has 0 bridgehead atoms. The molecule has 0 fully saturated rings. The van der Waals surface area contributed by atoms with Crippen LogP contribution < -0.4 is 0 Å². The minimum atomic E-state index is -3.54. The fraction of sp³-hybridized carbons (Fsp3) is 0.727. The van der Waals surface area contributed by atoms with Gasteiger partial charge in [0.1, 0.15) is 4.90 Å². The number of nitrogens with zero attached hydrogens (tertiary/aromatic N) is 2. The summed E-state index contributed by atoms with van der Waals surface area (Å²) in [5, 5.41) is 6.18. The first kappa shape index (κ1) is 16.1. The Morgan fingerprint density at radius 2 is 1.79 bits per heavy atom. The average Bonchev–Trinajstić information content (AvgIpc) is 2.91. The van der Waals surface area contributed by atoms with Crippen LogP contribution in [0.3, 0.4) is 0 Å². The van der Waals surface area contributed by atoms with E-state index >= 15 is 0 Å². The zero-order valence-corrected chi connectivity index (χ0v) is 12.1. The van der Waals surface area contributed by atoms with Gasteiger partial charge in [0.2, 0.25) is 10.0 Å². The van der Waals surface area contributed by atoms with Crippen molar-refractivity contribution in [2.45, 2.75) is 18.7 Å². The number of rotatable bonds is 10. The number of ether oxygens (including phenoxy) is 2. The van der Waals surface area contributed by atoms with E-state index in [1.807, 2.05) is 13.8 Å². The van der Waals surface area contributed by atoms with Gasteiger partial charge in [0.25, 0.3) is 0 Å². The second kappa shape index (κ2) is 8.26. The van der Waals surface area contributed by atoms with Crippen LogP contribution in [0.4, 0.5) is 0 Å². The molecule has 1 heterocycles. The normalized spacial score (nSPS) is 12.2. The van der Waals surface area contributed by atoms with Gasteiger partial charge in [-0.2, -0.15) is 9.40 Å². The van der Waals surface area contributed by atoms with Gasteiger partial charge in [-0.3, -0.25) is 5.10 Å². The summed E-state index contributed by atoms with van der Waals surface area (Å²) in [6, 6.07) is 0. The molecule has 110 valence electrons. The number of hydrogen-bond donors (Lipinski definition) is 1. The molecule has 8 heteroatoms. The molecule has 0 amide bonds. The first-order chi connectivity index (χ1) is 9.12. The topological polar surface area (TPSA) is 84.5 Å². The molecule has 0 spiro atoms. The maximum atomic E-state index is 12.3. The van der Waals surface area contributed by atoms with Gasteiger partial charge >= 0.3 is 0 Å². The highest BCUT2D eigenvalue weighted by atomic mass is 32.2. The summed E-state index contributed by atoms with van der Waals surface area (Å²) < 4.78 is 36.4. The minimum absolute atomic E-state index is 0.153. The summed E-state index contributed by atoms with van der Waals surface area (Å²) in [4.78, 5) is 0.153. The van der Waals surface area contributed by atoms with Gasteiger partial charge in [0.05, 0.1) is 19.4 Å². The average molecular weight is 291 g/mol. The second-order valence-corrected chi connectivity index (χ2v) is 5.67. The van der Waals surface area contributed by atoms with E-state index in [4.69, 9.17) is 9.47 Å². The number of aromatic amines is 1. The predicted octanol–water partition coefficient (Wildman–Crippen LogP) is 0.473. The molecule has 0 saturated carbocycles. The van der Waals surface area contributed by atoms with Crippen molar-refractivity contribution >= 4 is 10.0 Å². The first-order valence-corrected chi connectivity index (χ1v) is 7.71. The number of sulfonamides is 1.